The summed E-state index contributed by atoms with van der Waals surface area (Å²) >= 11 is 12.3. The molecule has 7 nitrogen and oxygen atoms in total. The van der Waals surface area contributed by atoms with Gasteiger partial charge in [0.25, 0.3) is 5.91 Å². The number of carbonyl (C=O) groups excluding carboxylic acids is 1. The van der Waals surface area contributed by atoms with Crippen molar-refractivity contribution in [3.8, 4) is 11.5 Å². The zero-order valence-electron chi connectivity index (χ0n) is 15.8. The van der Waals surface area contributed by atoms with Crippen LogP contribution in [0.15, 0.2) is 48.5 Å². The number of aromatic carboxylic acids is 1. The predicted octanol–water partition coefficient (Wildman–Crippen LogP) is 4.22. The number of aliphatic hydroxyl groups is 1. The molecule has 9 heteroatoms. The minimum Gasteiger partial charge on any atom is -0.495 e. The molecule has 0 saturated carbocycles. The Morgan fingerprint density at radius 3 is 2.47 bits per heavy atom. The number of anilines is 1. The van der Waals surface area contributed by atoms with Crippen molar-refractivity contribution in [1.82, 2.24) is 0 Å². The first kappa shape index (κ1) is 21.7. The lowest BCUT2D eigenvalue weighted by Crippen LogP contribution is -2.36. The van der Waals surface area contributed by atoms with E-state index in [0.717, 1.165) is 4.90 Å². The fourth-order valence-corrected chi connectivity index (χ4v) is 3.59. The Morgan fingerprint density at radius 1 is 1.07 bits per heavy atom. The van der Waals surface area contributed by atoms with Gasteiger partial charge in [-0.1, -0.05) is 35.3 Å². The number of ether oxygens (including phenoxy) is 2. The highest BCUT2D eigenvalue weighted by Gasteiger charge is 2.20. The molecule has 0 unspecified atom stereocenters. The quantitative estimate of drug-likeness (QED) is 0.524. The van der Waals surface area contributed by atoms with Gasteiger partial charge in [0.05, 0.1) is 23.4 Å². The summed E-state index contributed by atoms with van der Waals surface area (Å²) in [6.07, 6.45) is 0. The number of amides is 1. The molecule has 3 aromatic carbocycles. The minimum atomic E-state index is -1.17. The maximum Gasteiger partial charge on any atom is 0.335 e. The van der Waals surface area contributed by atoms with Gasteiger partial charge in [-0.05, 0) is 41.8 Å². The number of halogens is 2. The van der Waals surface area contributed by atoms with E-state index in [0.29, 0.717) is 27.2 Å². The maximum absolute atomic E-state index is 12.7. The number of carboxylic acid groups (broad SMARTS) is 1. The third-order valence-electron chi connectivity index (χ3n) is 4.35. The van der Waals surface area contributed by atoms with Crippen LogP contribution in [0, 0.1) is 0 Å². The molecule has 0 spiro atoms. The molecule has 0 heterocycles. The zero-order valence-corrected chi connectivity index (χ0v) is 17.3. The molecule has 0 aromatic heterocycles. The Hall–Kier alpha value is -3.00. The molecule has 0 saturated heterocycles. The van der Waals surface area contributed by atoms with Crippen LogP contribution in [0.5, 0.6) is 11.5 Å². The van der Waals surface area contributed by atoms with Gasteiger partial charge in [-0.3, -0.25) is 9.69 Å². The number of carboxylic acids is 1. The van der Waals surface area contributed by atoms with E-state index in [9.17, 15) is 19.8 Å². The van der Waals surface area contributed by atoms with Crippen LogP contribution < -0.4 is 14.4 Å². The average Bonchev–Trinajstić information content (AvgIpc) is 2.72. The van der Waals surface area contributed by atoms with Crippen LogP contribution in [-0.4, -0.2) is 42.5 Å². The van der Waals surface area contributed by atoms with Gasteiger partial charge in [0, 0.05) is 10.4 Å². The van der Waals surface area contributed by atoms with Gasteiger partial charge in [-0.25, -0.2) is 4.79 Å². The molecular formula is C21H17Cl2NO6. The summed E-state index contributed by atoms with van der Waals surface area (Å²) in [6.45, 7) is -1.08. The lowest BCUT2D eigenvalue weighted by atomic mass is 10.1. The first-order valence-electron chi connectivity index (χ1n) is 8.68. The van der Waals surface area contributed by atoms with Gasteiger partial charge in [-0.15, -0.1) is 0 Å². The molecule has 0 aliphatic carbocycles. The van der Waals surface area contributed by atoms with E-state index in [1.54, 1.807) is 30.3 Å². The van der Waals surface area contributed by atoms with Gasteiger partial charge in [0.1, 0.15) is 18.2 Å². The van der Waals surface area contributed by atoms with E-state index in [4.69, 9.17) is 32.7 Å². The molecule has 0 bridgehead atoms. The van der Waals surface area contributed by atoms with E-state index in [1.807, 2.05) is 0 Å². The molecular weight excluding hydrogens is 433 g/mol. The van der Waals surface area contributed by atoms with E-state index in [2.05, 4.69) is 0 Å². The van der Waals surface area contributed by atoms with E-state index in [-0.39, 0.29) is 16.3 Å². The standard InChI is InChI=1S/C21H17Cl2NO6/c1-29-17-5-3-2-4-16(17)24(11-25)19(26)10-30-18-8-13(21(27)28)6-12-7-14(22)9-15(23)20(12)18/h2-9,25H,10-11H2,1H3,(H,27,28). The number of nitrogens with zero attached hydrogens (tertiary/aromatic N) is 1. The second-order valence-electron chi connectivity index (χ2n) is 6.19. The SMILES string of the molecule is COc1ccccc1N(CO)C(=O)COc1cc(C(=O)O)cc2cc(Cl)cc(Cl)c12. The van der Waals surface area contributed by atoms with Crippen LogP contribution in [0.2, 0.25) is 10.0 Å². The minimum absolute atomic E-state index is 0.0491. The Labute approximate surface area is 181 Å². The molecule has 30 heavy (non-hydrogen) atoms. The molecule has 0 radical (unpaired) electrons. The van der Waals surface area contributed by atoms with Crippen molar-refractivity contribution in [3.63, 3.8) is 0 Å². The van der Waals surface area contributed by atoms with E-state index in [1.165, 1.54) is 25.3 Å². The largest absolute Gasteiger partial charge is 0.495 e. The lowest BCUT2D eigenvalue weighted by Gasteiger charge is -2.22. The normalized spacial score (nSPS) is 10.7. The van der Waals surface area contributed by atoms with Crippen molar-refractivity contribution in [2.24, 2.45) is 0 Å². The maximum atomic E-state index is 12.7. The lowest BCUT2D eigenvalue weighted by molar-refractivity contribution is -0.121. The third kappa shape index (κ3) is 4.43. The number of fused-ring (bicyclic) bond motifs is 1. The second-order valence-corrected chi connectivity index (χ2v) is 7.03. The average molecular weight is 450 g/mol. The Bertz CT molecular complexity index is 1120. The molecule has 0 aliphatic rings. The van der Waals surface area contributed by atoms with Crippen LogP contribution in [0.4, 0.5) is 5.69 Å². The molecule has 3 aromatic rings. The van der Waals surface area contributed by atoms with Gasteiger partial charge in [0.2, 0.25) is 0 Å². The molecule has 3 rings (SSSR count). The number of rotatable bonds is 7. The third-order valence-corrected chi connectivity index (χ3v) is 4.86. The highest BCUT2D eigenvalue weighted by Crippen LogP contribution is 2.36. The van der Waals surface area contributed by atoms with Gasteiger partial charge >= 0.3 is 5.97 Å². The van der Waals surface area contributed by atoms with Crippen LogP contribution in [0.25, 0.3) is 10.8 Å². The Kier molecular flexibility index (Phi) is 6.66. The first-order valence-corrected chi connectivity index (χ1v) is 9.44. The van der Waals surface area contributed by atoms with Crippen LogP contribution in [-0.2, 0) is 4.79 Å². The fraction of sp³-hybridized carbons (Fsp3) is 0.143. The van der Waals surface area contributed by atoms with Crippen molar-refractivity contribution < 1.29 is 29.3 Å². The number of carbonyl (C=O) groups is 2. The summed E-state index contributed by atoms with van der Waals surface area (Å²) < 4.78 is 10.9. The molecule has 2 N–H and O–H groups in total. The number of hydrogen-bond acceptors (Lipinski definition) is 5. The number of methoxy groups -OCH3 is 1. The van der Waals surface area contributed by atoms with Gasteiger partial charge in [-0.2, -0.15) is 0 Å². The second kappa shape index (κ2) is 9.21. The highest BCUT2D eigenvalue weighted by molar-refractivity contribution is 6.39. The summed E-state index contributed by atoms with van der Waals surface area (Å²) in [6, 6.07) is 12.4. The zero-order chi connectivity index (χ0) is 21.8. The molecule has 0 atom stereocenters. The summed E-state index contributed by atoms with van der Waals surface area (Å²) in [5, 5.41) is 20.5. The number of benzene rings is 3. The first-order chi connectivity index (χ1) is 14.3. The molecule has 0 fully saturated rings. The summed E-state index contributed by atoms with van der Waals surface area (Å²) in [5.41, 5.74) is 0.317. The molecule has 156 valence electrons. The summed E-state index contributed by atoms with van der Waals surface area (Å²) in [4.78, 5) is 25.3. The Morgan fingerprint density at radius 2 is 1.80 bits per heavy atom. The Balaban J connectivity index is 1.94. The fourth-order valence-electron chi connectivity index (χ4n) is 2.99. The van der Waals surface area contributed by atoms with Crippen LogP contribution in [0.3, 0.4) is 0 Å². The molecule has 1 amide bonds. The van der Waals surface area contributed by atoms with Gasteiger partial charge < -0.3 is 19.7 Å². The van der Waals surface area contributed by atoms with E-state index >= 15 is 0 Å². The monoisotopic (exact) mass is 449 g/mol. The van der Waals surface area contributed by atoms with Gasteiger partial charge in [0.15, 0.2) is 6.61 Å². The number of para-hydroxylation sites is 2. The summed E-state index contributed by atoms with van der Waals surface area (Å²) in [5.74, 6) is -1.23. The van der Waals surface area contributed by atoms with Crippen molar-refractivity contribution in [1.29, 1.82) is 0 Å². The number of hydrogen-bond donors (Lipinski definition) is 2. The van der Waals surface area contributed by atoms with Crippen molar-refractivity contribution in [2.75, 3.05) is 25.3 Å². The predicted molar refractivity (Wildman–Crippen MR) is 114 cm³/mol. The topological polar surface area (TPSA) is 96.3 Å². The highest BCUT2D eigenvalue weighted by atomic mass is 35.5. The summed E-state index contributed by atoms with van der Waals surface area (Å²) in [7, 11) is 1.45. The van der Waals surface area contributed by atoms with Crippen molar-refractivity contribution >= 4 is 51.5 Å². The van der Waals surface area contributed by atoms with Crippen LogP contribution in [0.1, 0.15) is 10.4 Å². The van der Waals surface area contributed by atoms with E-state index < -0.39 is 25.2 Å². The van der Waals surface area contributed by atoms with Crippen molar-refractivity contribution in [2.45, 2.75) is 0 Å². The van der Waals surface area contributed by atoms with Crippen LogP contribution >= 0.6 is 23.2 Å². The molecule has 0 aliphatic heterocycles. The smallest absolute Gasteiger partial charge is 0.335 e. The number of aliphatic hydroxyl groups excluding tert-OH is 1. The van der Waals surface area contributed by atoms with Crippen molar-refractivity contribution in [3.05, 3.63) is 64.1 Å².